The van der Waals surface area contributed by atoms with E-state index < -0.39 is 36.2 Å². The molecule has 1 aromatic carbocycles. The van der Waals surface area contributed by atoms with Gasteiger partial charge in [0.2, 0.25) is 0 Å². The molecule has 0 bridgehead atoms. The lowest BCUT2D eigenvalue weighted by Gasteiger charge is -2.25. The normalized spacial score (nSPS) is 22.1. The largest absolute Gasteiger partial charge is 0.416 e. The number of fused-ring (bicyclic) bond motifs is 1. The highest BCUT2D eigenvalue weighted by Crippen LogP contribution is 2.40. The van der Waals surface area contributed by atoms with Gasteiger partial charge < -0.3 is 4.90 Å². The van der Waals surface area contributed by atoms with Crippen LogP contribution in [0.25, 0.3) is 0 Å². The fourth-order valence-corrected chi connectivity index (χ4v) is 3.37. The molecule has 0 saturated carbocycles. The monoisotopic (exact) mass is 348 g/mol. The fourth-order valence-electron chi connectivity index (χ4n) is 3.37. The number of likely N-dealkylation sites (tertiary alicyclic amines) is 1. The Labute approximate surface area is 136 Å². The Morgan fingerprint density at radius 3 is 2.46 bits per heavy atom. The summed E-state index contributed by atoms with van der Waals surface area (Å²) in [5, 5.41) is 0. The molecule has 0 N–H and O–H groups in total. The third kappa shape index (κ3) is 2.87. The average Bonchev–Trinajstić information content (AvgIpc) is 2.97. The van der Waals surface area contributed by atoms with Gasteiger partial charge in [0.1, 0.15) is 0 Å². The van der Waals surface area contributed by atoms with Crippen LogP contribution in [-0.4, -0.2) is 41.8 Å². The molecule has 1 saturated heterocycles. The Kier molecular flexibility index (Phi) is 3.86. The molecule has 1 amide bonds. The second-order valence-electron chi connectivity index (χ2n) is 6.51. The van der Waals surface area contributed by atoms with Gasteiger partial charge in [0.25, 0.3) is 11.8 Å². The van der Waals surface area contributed by atoms with Crippen molar-refractivity contribution in [3.8, 4) is 0 Å². The van der Waals surface area contributed by atoms with Gasteiger partial charge in [0.05, 0.1) is 12.1 Å². The number of rotatable bonds is 2. The second-order valence-corrected chi connectivity index (χ2v) is 6.51. The molecule has 0 aliphatic carbocycles. The number of nitrogens with zero attached hydrogens (tertiary/aromatic N) is 2. The van der Waals surface area contributed by atoms with E-state index in [1.165, 1.54) is 22.9 Å². The van der Waals surface area contributed by atoms with Gasteiger partial charge in [-0.2, -0.15) is 13.2 Å². The SMILES string of the molecule is CC(c1cc2c(c(C(F)(F)F)c1)CN(C)C2=O)N1CCC(F)(F)C1. The average molecular weight is 348 g/mol. The summed E-state index contributed by atoms with van der Waals surface area (Å²) >= 11 is 0. The lowest BCUT2D eigenvalue weighted by Crippen LogP contribution is -2.28. The molecule has 1 atom stereocenters. The molecular weight excluding hydrogens is 331 g/mol. The first-order valence-corrected chi connectivity index (χ1v) is 7.61. The number of hydrogen-bond acceptors (Lipinski definition) is 2. The summed E-state index contributed by atoms with van der Waals surface area (Å²) in [6, 6.07) is 1.78. The molecule has 0 radical (unpaired) electrons. The third-order valence-electron chi connectivity index (χ3n) is 4.78. The summed E-state index contributed by atoms with van der Waals surface area (Å²) in [5.74, 6) is -3.30. The van der Waals surface area contributed by atoms with E-state index in [-0.39, 0.29) is 36.2 Å². The third-order valence-corrected chi connectivity index (χ3v) is 4.78. The summed E-state index contributed by atoms with van der Waals surface area (Å²) in [6.45, 7) is 1.12. The maximum absolute atomic E-state index is 13.4. The lowest BCUT2D eigenvalue weighted by molar-refractivity contribution is -0.138. The summed E-state index contributed by atoms with van der Waals surface area (Å²) in [4.78, 5) is 14.8. The van der Waals surface area contributed by atoms with Crippen molar-refractivity contribution in [1.29, 1.82) is 0 Å². The summed E-state index contributed by atoms with van der Waals surface area (Å²) in [7, 11) is 1.44. The van der Waals surface area contributed by atoms with Crippen LogP contribution < -0.4 is 0 Å². The number of hydrogen-bond donors (Lipinski definition) is 0. The highest BCUT2D eigenvalue weighted by atomic mass is 19.4. The van der Waals surface area contributed by atoms with Crippen molar-refractivity contribution < 1.29 is 26.7 Å². The number of benzene rings is 1. The van der Waals surface area contributed by atoms with Crippen molar-refractivity contribution in [1.82, 2.24) is 9.80 Å². The summed E-state index contributed by atoms with van der Waals surface area (Å²) < 4.78 is 66.9. The van der Waals surface area contributed by atoms with Gasteiger partial charge >= 0.3 is 6.18 Å². The van der Waals surface area contributed by atoms with Crippen molar-refractivity contribution in [3.63, 3.8) is 0 Å². The molecule has 0 spiro atoms. The highest BCUT2D eigenvalue weighted by molar-refractivity contribution is 5.98. The van der Waals surface area contributed by atoms with E-state index in [9.17, 15) is 26.7 Å². The smallest absolute Gasteiger partial charge is 0.337 e. The molecule has 3 rings (SSSR count). The number of amides is 1. The second kappa shape index (κ2) is 5.40. The molecule has 2 aliphatic heterocycles. The molecule has 1 unspecified atom stereocenters. The van der Waals surface area contributed by atoms with E-state index in [2.05, 4.69) is 0 Å². The minimum Gasteiger partial charge on any atom is -0.337 e. The summed E-state index contributed by atoms with van der Waals surface area (Å²) in [6.07, 6.45) is -4.91. The van der Waals surface area contributed by atoms with Crippen molar-refractivity contribution in [3.05, 3.63) is 34.4 Å². The van der Waals surface area contributed by atoms with Crippen LogP contribution in [-0.2, 0) is 12.7 Å². The first kappa shape index (κ1) is 17.1. The van der Waals surface area contributed by atoms with Gasteiger partial charge in [-0.05, 0) is 30.2 Å². The minimum atomic E-state index is -4.60. The predicted molar refractivity (Wildman–Crippen MR) is 76.8 cm³/mol. The van der Waals surface area contributed by atoms with Crippen molar-refractivity contribution in [2.45, 2.75) is 38.0 Å². The molecular formula is C16H17F5N2O. The van der Waals surface area contributed by atoms with Gasteiger partial charge in [0, 0.05) is 38.2 Å². The van der Waals surface area contributed by atoms with E-state index in [0.29, 0.717) is 0 Å². The van der Waals surface area contributed by atoms with Crippen molar-refractivity contribution in [2.75, 3.05) is 20.1 Å². The van der Waals surface area contributed by atoms with E-state index in [0.717, 1.165) is 6.07 Å². The van der Waals surface area contributed by atoms with Gasteiger partial charge in [-0.1, -0.05) is 0 Å². The van der Waals surface area contributed by atoms with Gasteiger partial charge in [0.15, 0.2) is 0 Å². The maximum Gasteiger partial charge on any atom is 0.416 e. The zero-order valence-corrected chi connectivity index (χ0v) is 13.3. The zero-order valence-electron chi connectivity index (χ0n) is 13.3. The Hall–Kier alpha value is -1.70. The standard InChI is InChI=1S/C16H17F5N2O/c1-9(23-4-3-15(17,18)8-23)10-5-11-12(7-22(2)14(11)24)13(6-10)16(19,20)21/h5-6,9H,3-4,7-8H2,1-2H3. The van der Waals surface area contributed by atoms with E-state index >= 15 is 0 Å². The minimum absolute atomic E-state index is 0.0140. The molecule has 24 heavy (non-hydrogen) atoms. The van der Waals surface area contributed by atoms with Crippen LogP contribution in [0, 0.1) is 0 Å². The first-order chi connectivity index (χ1) is 11.0. The molecule has 2 heterocycles. The van der Waals surface area contributed by atoms with E-state index in [1.807, 2.05) is 0 Å². The molecule has 0 aromatic heterocycles. The zero-order chi connectivity index (χ0) is 17.9. The van der Waals surface area contributed by atoms with Gasteiger partial charge in [-0.15, -0.1) is 0 Å². The quantitative estimate of drug-likeness (QED) is 0.761. The van der Waals surface area contributed by atoms with Crippen LogP contribution in [0.4, 0.5) is 22.0 Å². The van der Waals surface area contributed by atoms with Crippen LogP contribution in [0.2, 0.25) is 0 Å². The maximum atomic E-state index is 13.4. The molecule has 1 aromatic rings. The van der Waals surface area contributed by atoms with Gasteiger partial charge in [-0.25, -0.2) is 8.78 Å². The fraction of sp³-hybridized carbons (Fsp3) is 0.562. The van der Waals surface area contributed by atoms with Crippen LogP contribution in [0.3, 0.4) is 0 Å². The Morgan fingerprint density at radius 1 is 1.25 bits per heavy atom. The van der Waals surface area contributed by atoms with E-state index in [1.54, 1.807) is 6.92 Å². The Morgan fingerprint density at radius 2 is 1.92 bits per heavy atom. The molecule has 1 fully saturated rings. The number of halogens is 5. The Bertz CT molecular complexity index is 686. The molecule has 8 heteroatoms. The van der Waals surface area contributed by atoms with Crippen LogP contribution in [0.5, 0.6) is 0 Å². The van der Waals surface area contributed by atoms with Crippen LogP contribution >= 0.6 is 0 Å². The van der Waals surface area contributed by atoms with Gasteiger partial charge in [-0.3, -0.25) is 9.69 Å². The number of alkyl halides is 5. The molecule has 132 valence electrons. The highest BCUT2D eigenvalue weighted by Gasteiger charge is 2.42. The molecule has 3 nitrogen and oxygen atoms in total. The predicted octanol–water partition coefficient (Wildman–Crippen LogP) is 3.69. The molecule has 2 aliphatic rings. The Balaban J connectivity index is 2.03. The van der Waals surface area contributed by atoms with E-state index in [4.69, 9.17) is 0 Å². The van der Waals surface area contributed by atoms with Crippen molar-refractivity contribution >= 4 is 5.91 Å². The number of carbonyl (C=O) groups is 1. The lowest BCUT2D eigenvalue weighted by atomic mass is 9.95. The first-order valence-electron chi connectivity index (χ1n) is 7.61. The van der Waals surface area contributed by atoms with Crippen LogP contribution in [0.15, 0.2) is 12.1 Å². The summed E-state index contributed by atoms with van der Waals surface area (Å²) in [5.41, 5.74) is -0.647. The van der Waals surface area contributed by atoms with Crippen molar-refractivity contribution in [2.24, 2.45) is 0 Å². The van der Waals surface area contributed by atoms with Crippen LogP contribution in [0.1, 0.15) is 46.4 Å². The topological polar surface area (TPSA) is 23.6 Å². The number of carbonyl (C=O) groups excluding carboxylic acids is 1.